The number of rotatable bonds is 1. The Morgan fingerprint density at radius 1 is 0.448 bits per heavy atom. The van der Waals surface area contributed by atoms with Crippen LogP contribution >= 0.6 is 0 Å². The first kappa shape index (κ1) is 15.1. The molecule has 0 saturated carbocycles. The van der Waals surface area contributed by atoms with E-state index in [0.717, 1.165) is 0 Å². The van der Waals surface area contributed by atoms with Gasteiger partial charge in [0.05, 0.1) is 5.52 Å². The first-order valence-electron chi connectivity index (χ1n) is 10.0. The minimum atomic E-state index is 1.18. The van der Waals surface area contributed by atoms with Crippen molar-refractivity contribution in [2.45, 2.75) is 0 Å². The van der Waals surface area contributed by atoms with E-state index in [4.69, 9.17) is 0 Å². The Morgan fingerprint density at radius 3 is 2.00 bits per heavy atom. The van der Waals surface area contributed by atoms with Crippen molar-refractivity contribution in [1.82, 2.24) is 4.98 Å². The summed E-state index contributed by atoms with van der Waals surface area (Å²) in [6, 6.07) is 35.4. The van der Waals surface area contributed by atoms with Gasteiger partial charge in [0.25, 0.3) is 0 Å². The summed E-state index contributed by atoms with van der Waals surface area (Å²) in [6.07, 6.45) is 0. The Morgan fingerprint density at radius 2 is 1.10 bits per heavy atom. The molecule has 1 heterocycles. The maximum atomic E-state index is 3.73. The summed E-state index contributed by atoms with van der Waals surface area (Å²) in [6.45, 7) is 0. The van der Waals surface area contributed by atoms with Crippen LogP contribution < -0.4 is 0 Å². The average molecular weight is 367 g/mol. The highest BCUT2D eigenvalue weighted by atomic mass is 14.7. The molecule has 0 spiro atoms. The highest BCUT2D eigenvalue weighted by molar-refractivity contribution is 6.25. The quantitative estimate of drug-likeness (QED) is 0.284. The predicted octanol–water partition coefficient (Wildman–Crippen LogP) is 7.89. The Bertz CT molecular complexity index is 1680. The van der Waals surface area contributed by atoms with Gasteiger partial charge in [-0.25, -0.2) is 0 Å². The number of benzene rings is 6. The molecule has 0 fully saturated rings. The standard InChI is InChI=1S/C28H17N/c1-2-7-22-17(4-1)8-11-21-16-25(29-28(21)22)23-14-12-20-10-9-18-5-3-6-19-13-15-24(23)27(20)26(18)19/h1-16,29H. The fraction of sp³-hybridized carbons (Fsp3) is 0. The van der Waals surface area contributed by atoms with Gasteiger partial charge in [0.15, 0.2) is 0 Å². The summed E-state index contributed by atoms with van der Waals surface area (Å²) in [5.74, 6) is 0. The second kappa shape index (κ2) is 5.36. The molecule has 0 aliphatic carbocycles. The van der Waals surface area contributed by atoms with E-state index in [1.165, 1.54) is 65.3 Å². The van der Waals surface area contributed by atoms with Crippen LogP contribution in [0.4, 0.5) is 0 Å². The number of fused-ring (bicyclic) bond motifs is 3. The second-order valence-electron chi connectivity index (χ2n) is 7.90. The normalized spacial score (nSPS) is 12.1. The SMILES string of the molecule is c1ccc2c(c1)ccc1cc(-c3ccc4ccc5cccc6ccc3c4c56)[nH]c12. The van der Waals surface area contributed by atoms with Gasteiger partial charge in [-0.3, -0.25) is 0 Å². The van der Waals surface area contributed by atoms with Crippen LogP contribution in [0.2, 0.25) is 0 Å². The van der Waals surface area contributed by atoms with Crippen molar-refractivity contribution in [2.75, 3.05) is 0 Å². The van der Waals surface area contributed by atoms with Gasteiger partial charge >= 0.3 is 0 Å². The monoisotopic (exact) mass is 367 g/mol. The maximum Gasteiger partial charge on any atom is 0.0538 e. The topological polar surface area (TPSA) is 15.8 Å². The third kappa shape index (κ3) is 1.99. The lowest BCUT2D eigenvalue weighted by Crippen LogP contribution is -1.87. The Hall–Kier alpha value is -3.84. The van der Waals surface area contributed by atoms with E-state index < -0.39 is 0 Å². The zero-order chi connectivity index (χ0) is 18.9. The van der Waals surface area contributed by atoms with Crippen molar-refractivity contribution < 1.29 is 0 Å². The predicted molar refractivity (Wildman–Crippen MR) is 125 cm³/mol. The molecule has 0 aliphatic rings. The zero-order valence-corrected chi connectivity index (χ0v) is 15.7. The van der Waals surface area contributed by atoms with Gasteiger partial charge in [-0.15, -0.1) is 0 Å². The summed E-state index contributed by atoms with van der Waals surface area (Å²) in [7, 11) is 0. The lowest BCUT2D eigenvalue weighted by atomic mass is 9.91. The van der Waals surface area contributed by atoms with Crippen LogP contribution in [0.25, 0.3) is 65.3 Å². The molecular weight excluding hydrogens is 350 g/mol. The van der Waals surface area contributed by atoms with Gasteiger partial charge in [0, 0.05) is 22.0 Å². The fourth-order valence-corrected chi connectivity index (χ4v) is 4.99. The molecule has 29 heavy (non-hydrogen) atoms. The fourth-order valence-electron chi connectivity index (χ4n) is 4.99. The summed E-state index contributed by atoms with van der Waals surface area (Å²) >= 11 is 0. The van der Waals surface area contributed by atoms with Gasteiger partial charge in [-0.1, -0.05) is 91.0 Å². The molecule has 0 atom stereocenters. The Kier molecular flexibility index (Phi) is 2.80. The number of H-pyrrole nitrogens is 1. The second-order valence-corrected chi connectivity index (χ2v) is 7.90. The minimum absolute atomic E-state index is 1.18. The lowest BCUT2D eigenvalue weighted by molar-refractivity contribution is 1.48. The van der Waals surface area contributed by atoms with Gasteiger partial charge < -0.3 is 4.98 Å². The van der Waals surface area contributed by atoms with Crippen LogP contribution in [0, 0.1) is 0 Å². The van der Waals surface area contributed by atoms with E-state index in [1.807, 2.05) is 0 Å². The highest BCUT2D eigenvalue weighted by Gasteiger charge is 2.13. The van der Waals surface area contributed by atoms with Gasteiger partial charge in [-0.2, -0.15) is 0 Å². The third-order valence-electron chi connectivity index (χ3n) is 6.34. The van der Waals surface area contributed by atoms with E-state index in [9.17, 15) is 0 Å². The first-order valence-corrected chi connectivity index (χ1v) is 10.0. The molecule has 0 unspecified atom stereocenters. The van der Waals surface area contributed by atoms with Crippen molar-refractivity contribution >= 4 is 54.0 Å². The first-order chi connectivity index (χ1) is 14.4. The molecule has 0 aliphatic heterocycles. The molecule has 7 rings (SSSR count). The largest absolute Gasteiger partial charge is 0.354 e. The third-order valence-corrected chi connectivity index (χ3v) is 6.34. The molecule has 134 valence electrons. The zero-order valence-electron chi connectivity index (χ0n) is 15.7. The minimum Gasteiger partial charge on any atom is -0.354 e. The molecule has 1 nitrogen and oxygen atoms in total. The van der Waals surface area contributed by atoms with E-state index >= 15 is 0 Å². The van der Waals surface area contributed by atoms with E-state index in [0.29, 0.717) is 0 Å². The van der Waals surface area contributed by atoms with Crippen LogP contribution in [0.3, 0.4) is 0 Å². The van der Waals surface area contributed by atoms with Gasteiger partial charge in [-0.05, 0) is 43.8 Å². The number of hydrogen-bond acceptors (Lipinski definition) is 0. The van der Waals surface area contributed by atoms with Crippen LogP contribution in [-0.2, 0) is 0 Å². The number of hydrogen-bond donors (Lipinski definition) is 1. The van der Waals surface area contributed by atoms with Crippen molar-refractivity contribution in [3.63, 3.8) is 0 Å². The van der Waals surface area contributed by atoms with E-state index in [-0.39, 0.29) is 0 Å². The van der Waals surface area contributed by atoms with Crippen LogP contribution in [0.15, 0.2) is 97.1 Å². The molecule has 0 bridgehead atoms. The van der Waals surface area contributed by atoms with Crippen LogP contribution in [-0.4, -0.2) is 4.98 Å². The Balaban J connectivity index is 1.60. The maximum absolute atomic E-state index is 3.73. The average Bonchev–Trinajstić information content (AvgIpc) is 3.22. The van der Waals surface area contributed by atoms with Crippen molar-refractivity contribution in [3.8, 4) is 11.3 Å². The summed E-state index contributed by atoms with van der Waals surface area (Å²) < 4.78 is 0. The molecule has 1 aromatic heterocycles. The van der Waals surface area contributed by atoms with Crippen molar-refractivity contribution in [3.05, 3.63) is 97.1 Å². The van der Waals surface area contributed by atoms with E-state index in [2.05, 4.69) is 102 Å². The van der Waals surface area contributed by atoms with Crippen molar-refractivity contribution in [1.29, 1.82) is 0 Å². The molecule has 7 aromatic rings. The number of aromatic nitrogens is 1. The summed E-state index contributed by atoms with van der Waals surface area (Å²) in [5, 5.41) is 11.7. The van der Waals surface area contributed by atoms with Gasteiger partial charge in [0.2, 0.25) is 0 Å². The van der Waals surface area contributed by atoms with Crippen LogP contribution in [0.1, 0.15) is 0 Å². The summed E-state index contributed by atoms with van der Waals surface area (Å²) in [5.41, 5.74) is 3.65. The number of aromatic amines is 1. The Labute approximate surface area is 167 Å². The molecule has 1 heteroatoms. The molecular formula is C28H17N. The van der Waals surface area contributed by atoms with Crippen molar-refractivity contribution in [2.24, 2.45) is 0 Å². The number of nitrogens with one attached hydrogen (secondary N) is 1. The molecule has 6 aromatic carbocycles. The molecule has 0 amide bonds. The lowest BCUT2D eigenvalue weighted by Gasteiger charge is -2.13. The molecule has 1 N–H and O–H groups in total. The van der Waals surface area contributed by atoms with E-state index in [1.54, 1.807) is 0 Å². The van der Waals surface area contributed by atoms with Crippen LogP contribution in [0.5, 0.6) is 0 Å². The molecule has 0 saturated heterocycles. The smallest absolute Gasteiger partial charge is 0.0538 e. The highest BCUT2D eigenvalue weighted by Crippen LogP contribution is 2.40. The molecule has 0 radical (unpaired) electrons. The van der Waals surface area contributed by atoms with Gasteiger partial charge in [0.1, 0.15) is 0 Å². The summed E-state index contributed by atoms with van der Waals surface area (Å²) in [4.78, 5) is 3.73.